The van der Waals surface area contributed by atoms with Crippen LogP contribution in [0, 0.1) is 0 Å². The Morgan fingerprint density at radius 3 is 1.28 bits per heavy atom. The number of aromatic hydroxyl groups is 2. The van der Waals surface area contributed by atoms with E-state index in [1.165, 1.54) is 0 Å². The van der Waals surface area contributed by atoms with Crippen LogP contribution >= 0.6 is 0 Å². The van der Waals surface area contributed by atoms with Gasteiger partial charge >= 0.3 is 0 Å². The van der Waals surface area contributed by atoms with E-state index in [2.05, 4.69) is 26.0 Å². The third kappa shape index (κ3) is 4.32. The number of phenols is 2. The van der Waals surface area contributed by atoms with Crippen LogP contribution in [0.2, 0.25) is 0 Å². The van der Waals surface area contributed by atoms with E-state index in [1.807, 2.05) is 36.4 Å². The molecule has 0 aliphatic carbocycles. The van der Waals surface area contributed by atoms with E-state index in [1.54, 1.807) is 24.3 Å². The van der Waals surface area contributed by atoms with Crippen molar-refractivity contribution in [3.05, 3.63) is 106 Å². The second kappa shape index (κ2) is 10.3. The lowest BCUT2D eigenvalue weighted by Crippen LogP contribution is -2.21. The molecule has 5 aromatic rings. The van der Waals surface area contributed by atoms with Gasteiger partial charge in [0.2, 0.25) is 0 Å². The van der Waals surface area contributed by atoms with Crippen molar-refractivity contribution >= 4 is 21.5 Å². The Morgan fingerprint density at radius 1 is 0.538 bits per heavy atom. The van der Waals surface area contributed by atoms with Crippen LogP contribution in [0.15, 0.2) is 72.8 Å². The summed E-state index contributed by atoms with van der Waals surface area (Å²) in [6, 6.07) is 23.2. The molecule has 0 atom stereocenters. The standard InChI is InChI=1S/C33H32O6/c1-33(2,24-13-22(17-36)32(39)23(14-24)18-37)30-27-9-5-3-7-25(27)29(26-8-4-6-10-28(26)30)19-11-20(15-34)31(38)21(12-19)16-35/h3-14,34-39H,15-18H2,1-2H3. The first-order chi connectivity index (χ1) is 18.8. The Morgan fingerprint density at radius 2 is 0.897 bits per heavy atom. The predicted molar refractivity (Wildman–Crippen MR) is 152 cm³/mol. The molecule has 200 valence electrons. The lowest BCUT2D eigenvalue weighted by molar-refractivity contribution is 0.263. The topological polar surface area (TPSA) is 121 Å². The van der Waals surface area contributed by atoms with Crippen molar-refractivity contribution in [1.29, 1.82) is 0 Å². The van der Waals surface area contributed by atoms with E-state index >= 15 is 0 Å². The van der Waals surface area contributed by atoms with E-state index < -0.39 is 5.41 Å². The number of rotatable bonds is 7. The Labute approximate surface area is 226 Å². The average Bonchev–Trinajstić information content (AvgIpc) is 2.95. The molecule has 0 aliphatic rings. The molecule has 0 bridgehead atoms. The summed E-state index contributed by atoms with van der Waals surface area (Å²) in [5.41, 5.74) is 4.35. The predicted octanol–water partition coefficient (Wildman–Crippen LogP) is 5.37. The molecule has 6 N–H and O–H groups in total. The Bertz CT molecular complexity index is 1600. The van der Waals surface area contributed by atoms with Gasteiger partial charge in [0.05, 0.1) is 26.4 Å². The van der Waals surface area contributed by atoms with Gasteiger partial charge in [0.25, 0.3) is 0 Å². The number of aliphatic hydroxyl groups excluding tert-OH is 4. The lowest BCUT2D eigenvalue weighted by atomic mass is 9.72. The minimum absolute atomic E-state index is 0.101. The summed E-state index contributed by atoms with van der Waals surface area (Å²) in [5, 5.41) is 64.6. The Hall–Kier alpha value is -3.94. The van der Waals surface area contributed by atoms with Gasteiger partial charge in [-0.1, -0.05) is 62.4 Å². The van der Waals surface area contributed by atoms with Gasteiger partial charge in [-0.25, -0.2) is 0 Å². The summed E-state index contributed by atoms with van der Waals surface area (Å²) in [5.74, 6) is -0.210. The highest BCUT2D eigenvalue weighted by Gasteiger charge is 2.30. The SMILES string of the molecule is CC(C)(c1cc(CO)c(O)c(CO)c1)c1c2ccccc2c(-c2cc(CO)c(O)c(CO)c2)c2ccccc12. The zero-order chi connectivity index (χ0) is 27.9. The molecule has 0 aliphatic heterocycles. The first kappa shape index (κ1) is 26.7. The van der Waals surface area contributed by atoms with Crippen molar-refractivity contribution in [2.45, 2.75) is 45.7 Å². The second-order valence-corrected chi connectivity index (χ2v) is 10.4. The molecular formula is C33H32O6. The first-order valence-electron chi connectivity index (χ1n) is 12.8. The molecule has 0 fully saturated rings. The van der Waals surface area contributed by atoms with Crippen molar-refractivity contribution in [2.75, 3.05) is 0 Å². The van der Waals surface area contributed by atoms with Crippen molar-refractivity contribution in [3.63, 3.8) is 0 Å². The molecule has 39 heavy (non-hydrogen) atoms. The minimum atomic E-state index is -0.610. The molecule has 6 nitrogen and oxygen atoms in total. The largest absolute Gasteiger partial charge is 0.507 e. The van der Waals surface area contributed by atoms with Crippen LogP contribution in [-0.2, 0) is 31.8 Å². The number of hydrogen-bond acceptors (Lipinski definition) is 6. The van der Waals surface area contributed by atoms with Crippen LogP contribution in [0.1, 0.15) is 47.2 Å². The molecular weight excluding hydrogens is 492 g/mol. The highest BCUT2D eigenvalue weighted by Crippen LogP contribution is 2.47. The van der Waals surface area contributed by atoms with Crippen molar-refractivity contribution < 1.29 is 30.6 Å². The summed E-state index contributed by atoms with van der Waals surface area (Å²) in [7, 11) is 0. The van der Waals surface area contributed by atoms with Crippen LogP contribution in [0.3, 0.4) is 0 Å². The number of hydrogen-bond donors (Lipinski definition) is 6. The monoisotopic (exact) mass is 524 g/mol. The van der Waals surface area contributed by atoms with E-state index in [0.29, 0.717) is 22.3 Å². The minimum Gasteiger partial charge on any atom is -0.507 e. The summed E-state index contributed by atoms with van der Waals surface area (Å²) >= 11 is 0. The van der Waals surface area contributed by atoms with Gasteiger partial charge in [0, 0.05) is 27.7 Å². The fraction of sp³-hybridized carbons (Fsp3) is 0.212. The molecule has 0 saturated carbocycles. The normalized spacial score (nSPS) is 11.9. The average molecular weight is 525 g/mol. The summed E-state index contributed by atoms with van der Waals surface area (Å²) in [6.45, 7) is 2.73. The smallest absolute Gasteiger partial charge is 0.126 e. The van der Waals surface area contributed by atoms with Crippen LogP contribution in [0.25, 0.3) is 32.7 Å². The third-order valence-electron chi connectivity index (χ3n) is 7.78. The molecule has 5 aromatic carbocycles. The van der Waals surface area contributed by atoms with E-state index in [0.717, 1.165) is 43.8 Å². The molecule has 5 rings (SSSR count). The third-order valence-corrected chi connectivity index (χ3v) is 7.78. The second-order valence-electron chi connectivity index (χ2n) is 10.4. The molecule has 0 unspecified atom stereocenters. The van der Waals surface area contributed by atoms with Crippen molar-refractivity contribution in [3.8, 4) is 22.6 Å². The van der Waals surface area contributed by atoms with Crippen LogP contribution in [-0.4, -0.2) is 30.6 Å². The summed E-state index contributed by atoms with van der Waals surface area (Å²) in [4.78, 5) is 0. The maximum Gasteiger partial charge on any atom is 0.126 e. The highest BCUT2D eigenvalue weighted by molar-refractivity contribution is 6.15. The Balaban J connectivity index is 1.90. The number of aliphatic hydroxyl groups is 4. The molecule has 6 heteroatoms. The van der Waals surface area contributed by atoms with Crippen LogP contribution in [0.5, 0.6) is 11.5 Å². The lowest BCUT2D eigenvalue weighted by Gasteiger charge is -2.31. The van der Waals surface area contributed by atoms with E-state index in [9.17, 15) is 30.6 Å². The van der Waals surface area contributed by atoms with Gasteiger partial charge in [-0.2, -0.15) is 0 Å². The molecule has 0 radical (unpaired) electrons. The van der Waals surface area contributed by atoms with Crippen LogP contribution in [0.4, 0.5) is 0 Å². The molecule has 0 amide bonds. The zero-order valence-corrected chi connectivity index (χ0v) is 21.9. The molecule has 0 saturated heterocycles. The summed E-state index contributed by atoms with van der Waals surface area (Å²) < 4.78 is 0. The maximum atomic E-state index is 10.5. The fourth-order valence-corrected chi connectivity index (χ4v) is 5.76. The van der Waals surface area contributed by atoms with E-state index in [4.69, 9.17) is 0 Å². The van der Waals surface area contributed by atoms with Crippen molar-refractivity contribution in [1.82, 2.24) is 0 Å². The van der Waals surface area contributed by atoms with Gasteiger partial charge in [-0.05, 0) is 68.1 Å². The fourth-order valence-electron chi connectivity index (χ4n) is 5.76. The van der Waals surface area contributed by atoms with E-state index in [-0.39, 0.29) is 37.9 Å². The number of fused-ring (bicyclic) bond motifs is 2. The van der Waals surface area contributed by atoms with Gasteiger partial charge in [0.15, 0.2) is 0 Å². The quantitative estimate of drug-likeness (QED) is 0.159. The zero-order valence-electron chi connectivity index (χ0n) is 21.9. The van der Waals surface area contributed by atoms with Crippen molar-refractivity contribution in [2.24, 2.45) is 0 Å². The maximum absolute atomic E-state index is 10.5. The Kier molecular flexibility index (Phi) is 7.05. The van der Waals surface area contributed by atoms with Gasteiger partial charge in [0.1, 0.15) is 11.5 Å². The number of benzene rings is 5. The van der Waals surface area contributed by atoms with Gasteiger partial charge in [-0.15, -0.1) is 0 Å². The molecule has 0 heterocycles. The van der Waals surface area contributed by atoms with Gasteiger partial charge in [-0.3, -0.25) is 0 Å². The first-order valence-corrected chi connectivity index (χ1v) is 12.8. The van der Waals surface area contributed by atoms with Gasteiger partial charge < -0.3 is 30.6 Å². The van der Waals surface area contributed by atoms with Crippen LogP contribution < -0.4 is 0 Å². The molecule has 0 spiro atoms. The highest BCUT2D eigenvalue weighted by atomic mass is 16.3. The summed E-state index contributed by atoms with van der Waals surface area (Å²) in [6.07, 6.45) is 0. The molecule has 0 aromatic heterocycles.